The normalized spacial score (nSPS) is 12.2. The molecule has 21 heavy (non-hydrogen) atoms. The molecule has 0 aliphatic heterocycles. The molecule has 2 N–H and O–H groups in total. The van der Waals surface area contributed by atoms with Crippen molar-refractivity contribution in [2.75, 3.05) is 4.72 Å². The highest BCUT2D eigenvalue weighted by Gasteiger charge is 2.14. The fourth-order valence-corrected chi connectivity index (χ4v) is 2.87. The summed E-state index contributed by atoms with van der Waals surface area (Å²) in [6.07, 6.45) is 0. The number of nitrogens with one attached hydrogen (secondary N) is 1. The summed E-state index contributed by atoms with van der Waals surface area (Å²) in [6.45, 7) is 1.62. The van der Waals surface area contributed by atoms with Gasteiger partial charge < -0.3 is 5.21 Å². The van der Waals surface area contributed by atoms with Crippen molar-refractivity contribution in [3.63, 3.8) is 0 Å². The SMILES string of the molecule is C/C(=N\O)c1cccc(NS(=O)(=O)c2ccc(Cl)cc2)c1. The lowest BCUT2D eigenvalue weighted by Gasteiger charge is -2.09. The van der Waals surface area contributed by atoms with Gasteiger partial charge in [0, 0.05) is 16.3 Å². The number of anilines is 1. The Morgan fingerprint density at radius 3 is 2.48 bits per heavy atom. The van der Waals surface area contributed by atoms with Gasteiger partial charge in [0.15, 0.2) is 0 Å². The molecule has 5 nitrogen and oxygen atoms in total. The van der Waals surface area contributed by atoms with E-state index >= 15 is 0 Å². The second-order valence-electron chi connectivity index (χ2n) is 4.33. The summed E-state index contributed by atoms with van der Waals surface area (Å²) < 4.78 is 26.9. The Kier molecular flexibility index (Phi) is 4.50. The molecule has 0 aliphatic rings. The van der Waals surface area contributed by atoms with Crippen molar-refractivity contribution in [1.29, 1.82) is 0 Å². The van der Waals surface area contributed by atoms with Gasteiger partial charge >= 0.3 is 0 Å². The lowest BCUT2D eigenvalue weighted by Crippen LogP contribution is -2.13. The molecule has 0 fully saturated rings. The molecule has 0 bridgehead atoms. The number of sulfonamides is 1. The second-order valence-corrected chi connectivity index (χ2v) is 6.44. The van der Waals surface area contributed by atoms with E-state index < -0.39 is 10.0 Å². The van der Waals surface area contributed by atoms with E-state index in [-0.39, 0.29) is 4.90 Å². The van der Waals surface area contributed by atoms with Gasteiger partial charge in [0.2, 0.25) is 0 Å². The van der Waals surface area contributed by atoms with Crippen LogP contribution >= 0.6 is 11.6 Å². The predicted molar refractivity (Wildman–Crippen MR) is 82.7 cm³/mol. The molecule has 110 valence electrons. The molecular weight excluding hydrogens is 312 g/mol. The monoisotopic (exact) mass is 324 g/mol. The Bertz CT molecular complexity index is 771. The lowest BCUT2D eigenvalue weighted by atomic mass is 10.1. The summed E-state index contributed by atoms with van der Waals surface area (Å²) in [5.74, 6) is 0. The van der Waals surface area contributed by atoms with Crippen molar-refractivity contribution in [2.45, 2.75) is 11.8 Å². The van der Waals surface area contributed by atoms with Gasteiger partial charge in [-0.1, -0.05) is 28.9 Å². The zero-order valence-electron chi connectivity index (χ0n) is 11.1. The minimum Gasteiger partial charge on any atom is -0.411 e. The number of nitrogens with zero attached hydrogens (tertiary/aromatic N) is 1. The third-order valence-corrected chi connectivity index (χ3v) is 4.46. The number of oxime groups is 1. The molecule has 0 saturated carbocycles. The van der Waals surface area contributed by atoms with E-state index in [1.165, 1.54) is 24.3 Å². The van der Waals surface area contributed by atoms with Crippen LogP contribution in [0.2, 0.25) is 5.02 Å². The molecule has 0 spiro atoms. The minimum atomic E-state index is -3.69. The maximum Gasteiger partial charge on any atom is 0.261 e. The Labute approximate surface area is 127 Å². The summed E-state index contributed by atoms with van der Waals surface area (Å²) in [5, 5.41) is 12.3. The standard InChI is InChI=1S/C14H13ClN2O3S/c1-10(16-18)11-3-2-4-13(9-11)17-21(19,20)14-7-5-12(15)6-8-14/h2-9,17-18H,1H3/b16-10+. The Morgan fingerprint density at radius 2 is 1.86 bits per heavy atom. The van der Waals surface area contributed by atoms with Gasteiger partial charge in [-0.05, 0) is 43.3 Å². The molecule has 0 aromatic heterocycles. The zero-order valence-corrected chi connectivity index (χ0v) is 12.7. The predicted octanol–water partition coefficient (Wildman–Crippen LogP) is 3.34. The van der Waals surface area contributed by atoms with Crippen LogP contribution in [-0.2, 0) is 10.0 Å². The number of hydrogen-bond acceptors (Lipinski definition) is 4. The van der Waals surface area contributed by atoms with Crippen LogP contribution in [0.3, 0.4) is 0 Å². The van der Waals surface area contributed by atoms with Crippen molar-refractivity contribution in [1.82, 2.24) is 0 Å². The molecule has 2 aromatic rings. The summed E-state index contributed by atoms with van der Waals surface area (Å²) in [5.41, 5.74) is 1.39. The van der Waals surface area contributed by atoms with Gasteiger partial charge in [-0.3, -0.25) is 4.72 Å². The summed E-state index contributed by atoms with van der Waals surface area (Å²) in [7, 11) is -3.69. The van der Waals surface area contributed by atoms with E-state index in [1.54, 1.807) is 31.2 Å². The average Bonchev–Trinajstić information content (AvgIpc) is 2.46. The fourth-order valence-electron chi connectivity index (χ4n) is 1.69. The van der Waals surface area contributed by atoms with Crippen molar-refractivity contribution < 1.29 is 13.6 Å². The summed E-state index contributed by atoms with van der Waals surface area (Å²) >= 11 is 5.74. The Hall–Kier alpha value is -2.05. The van der Waals surface area contributed by atoms with Gasteiger partial charge in [0.05, 0.1) is 10.6 Å². The average molecular weight is 325 g/mol. The third kappa shape index (κ3) is 3.74. The quantitative estimate of drug-likeness (QED) is 0.514. The van der Waals surface area contributed by atoms with Crippen LogP contribution in [0, 0.1) is 0 Å². The zero-order chi connectivity index (χ0) is 15.5. The van der Waals surface area contributed by atoms with E-state index in [0.29, 0.717) is 22.0 Å². The smallest absolute Gasteiger partial charge is 0.261 e. The molecule has 0 saturated heterocycles. The van der Waals surface area contributed by atoms with Crippen molar-refractivity contribution in [3.8, 4) is 0 Å². The molecule has 2 aromatic carbocycles. The van der Waals surface area contributed by atoms with Gasteiger partial charge in [-0.15, -0.1) is 0 Å². The lowest BCUT2D eigenvalue weighted by molar-refractivity contribution is 0.319. The van der Waals surface area contributed by atoms with Gasteiger partial charge in [0.1, 0.15) is 0 Å². The maximum atomic E-state index is 12.2. The van der Waals surface area contributed by atoms with Crippen LogP contribution in [0.25, 0.3) is 0 Å². The largest absolute Gasteiger partial charge is 0.411 e. The number of halogens is 1. The van der Waals surface area contributed by atoms with Crippen LogP contribution in [0.5, 0.6) is 0 Å². The first-order chi connectivity index (χ1) is 9.92. The molecule has 0 unspecified atom stereocenters. The first-order valence-corrected chi connectivity index (χ1v) is 7.86. The molecule has 0 aliphatic carbocycles. The maximum absolute atomic E-state index is 12.2. The number of hydrogen-bond donors (Lipinski definition) is 2. The first-order valence-electron chi connectivity index (χ1n) is 6.00. The third-order valence-electron chi connectivity index (χ3n) is 2.81. The highest BCUT2D eigenvalue weighted by molar-refractivity contribution is 7.92. The molecule has 2 rings (SSSR count). The molecule has 7 heteroatoms. The van der Waals surface area contributed by atoms with Crippen LogP contribution in [0.1, 0.15) is 12.5 Å². The summed E-state index contributed by atoms with van der Waals surface area (Å²) in [6, 6.07) is 12.5. The van der Waals surface area contributed by atoms with E-state index in [9.17, 15) is 8.42 Å². The molecule has 0 atom stereocenters. The van der Waals surface area contributed by atoms with Gasteiger partial charge in [-0.25, -0.2) is 8.42 Å². The van der Waals surface area contributed by atoms with Crippen LogP contribution in [-0.4, -0.2) is 19.3 Å². The first kappa shape index (κ1) is 15.3. The minimum absolute atomic E-state index is 0.116. The van der Waals surface area contributed by atoms with E-state index in [0.717, 1.165) is 0 Å². The fraction of sp³-hybridized carbons (Fsp3) is 0.0714. The molecule has 0 amide bonds. The highest BCUT2D eigenvalue weighted by Crippen LogP contribution is 2.19. The van der Waals surface area contributed by atoms with Crippen LogP contribution in [0.15, 0.2) is 58.6 Å². The van der Waals surface area contributed by atoms with Gasteiger partial charge in [0.25, 0.3) is 10.0 Å². The summed E-state index contributed by atoms with van der Waals surface area (Å²) in [4.78, 5) is 0.116. The molecule has 0 radical (unpaired) electrons. The Morgan fingerprint density at radius 1 is 1.19 bits per heavy atom. The van der Waals surface area contributed by atoms with Crippen LogP contribution in [0.4, 0.5) is 5.69 Å². The van der Waals surface area contributed by atoms with E-state index in [4.69, 9.17) is 16.8 Å². The van der Waals surface area contributed by atoms with Crippen molar-refractivity contribution in [3.05, 3.63) is 59.1 Å². The molecular formula is C14H13ClN2O3S. The van der Waals surface area contributed by atoms with Gasteiger partial charge in [-0.2, -0.15) is 0 Å². The topological polar surface area (TPSA) is 78.8 Å². The van der Waals surface area contributed by atoms with Crippen LogP contribution < -0.4 is 4.72 Å². The van der Waals surface area contributed by atoms with Crippen molar-refractivity contribution in [2.24, 2.45) is 5.16 Å². The molecule has 0 heterocycles. The number of rotatable bonds is 4. The van der Waals surface area contributed by atoms with E-state index in [1.807, 2.05) is 0 Å². The second kappa shape index (κ2) is 6.15. The highest BCUT2D eigenvalue weighted by atomic mass is 35.5. The van der Waals surface area contributed by atoms with E-state index in [2.05, 4.69) is 9.88 Å². The number of benzene rings is 2. The van der Waals surface area contributed by atoms with Crippen molar-refractivity contribution >= 4 is 33.0 Å². The Balaban J connectivity index is 2.31.